The van der Waals surface area contributed by atoms with Crippen molar-refractivity contribution in [3.8, 4) is 16.9 Å². The number of halogens is 5. The van der Waals surface area contributed by atoms with Crippen LogP contribution in [-0.2, 0) is 0 Å². The van der Waals surface area contributed by atoms with Crippen LogP contribution < -0.4 is 4.74 Å². The summed E-state index contributed by atoms with van der Waals surface area (Å²) >= 11 is 17.9. The maximum atomic E-state index is 12.8. The average Bonchev–Trinajstić information content (AvgIpc) is 2.42. The normalized spacial score (nSPS) is 10.9. The van der Waals surface area contributed by atoms with E-state index in [1.54, 1.807) is 6.07 Å². The molecular weight excluding hydrogens is 329 g/mol. The number of rotatable bonds is 3. The van der Waals surface area contributed by atoms with E-state index >= 15 is 0 Å². The molecule has 0 fully saturated rings. The molecular formula is C14H9Cl3F2O. The first-order chi connectivity index (χ1) is 9.43. The van der Waals surface area contributed by atoms with Gasteiger partial charge in [0.25, 0.3) is 6.43 Å². The number of hydrogen-bond donors (Lipinski definition) is 0. The zero-order chi connectivity index (χ0) is 14.9. The summed E-state index contributed by atoms with van der Waals surface area (Å²) in [6.45, 7) is 0. The fraction of sp³-hybridized carbons (Fsp3) is 0.143. The molecule has 0 saturated carbocycles. The fourth-order valence-electron chi connectivity index (χ4n) is 1.80. The first kappa shape index (κ1) is 15.4. The average molecular weight is 338 g/mol. The lowest BCUT2D eigenvalue weighted by Gasteiger charge is -2.12. The van der Waals surface area contributed by atoms with Crippen LogP contribution >= 0.6 is 34.8 Å². The topological polar surface area (TPSA) is 9.23 Å². The summed E-state index contributed by atoms with van der Waals surface area (Å²) in [6, 6.07) is 7.43. The molecule has 0 aliphatic carbocycles. The Morgan fingerprint density at radius 1 is 0.950 bits per heavy atom. The molecule has 2 aromatic rings. The molecule has 2 rings (SSSR count). The van der Waals surface area contributed by atoms with Gasteiger partial charge in [-0.15, -0.1) is 0 Å². The van der Waals surface area contributed by atoms with Crippen molar-refractivity contribution in [2.24, 2.45) is 0 Å². The lowest BCUT2D eigenvalue weighted by molar-refractivity contribution is 0.147. The van der Waals surface area contributed by atoms with Gasteiger partial charge < -0.3 is 4.74 Å². The first-order valence-corrected chi connectivity index (χ1v) is 6.68. The number of alkyl halides is 2. The lowest BCUT2D eigenvalue weighted by atomic mass is 10.0. The smallest absolute Gasteiger partial charge is 0.267 e. The van der Waals surface area contributed by atoms with E-state index in [0.717, 1.165) is 0 Å². The number of benzene rings is 2. The monoisotopic (exact) mass is 336 g/mol. The van der Waals surface area contributed by atoms with Crippen LogP contribution in [0.4, 0.5) is 8.78 Å². The minimum absolute atomic E-state index is 0.0969. The Kier molecular flexibility index (Phi) is 4.74. The van der Waals surface area contributed by atoms with Crippen LogP contribution in [0.5, 0.6) is 5.75 Å². The van der Waals surface area contributed by atoms with Gasteiger partial charge in [0.2, 0.25) is 0 Å². The molecule has 2 aromatic carbocycles. The highest BCUT2D eigenvalue weighted by atomic mass is 35.5. The maximum Gasteiger partial charge on any atom is 0.267 e. The van der Waals surface area contributed by atoms with Gasteiger partial charge in [0, 0.05) is 10.6 Å². The molecule has 0 N–H and O–H groups in total. The molecule has 0 amide bonds. The highest BCUT2D eigenvalue weighted by Gasteiger charge is 2.16. The summed E-state index contributed by atoms with van der Waals surface area (Å²) in [7, 11) is 1.33. The molecule has 106 valence electrons. The molecule has 0 aliphatic rings. The molecule has 0 heterocycles. The summed E-state index contributed by atoms with van der Waals surface area (Å²) < 4.78 is 30.6. The highest BCUT2D eigenvalue weighted by molar-refractivity contribution is 6.44. The third-order valence-corrected chi connectivity index (χ3v) is 3.82. The summed E-state index contributed by atoms with van der Waals surface area (Å²) in [5, 5.41) is 1.05. The van der Waals surface area contributed by atoms with E-state index in [2.05, 4.69) is 0 Å². The second-order valence-corrected chi connectivity index (χ2v) is 5.23. The minimum atomic E-state index is -2.61. The number of methoxy groups -OCH3 is 1. The molecule has 20 heavy (non-hydrogen) atoms. The zero-order valence-electron chi connectivity index (χ0n) is 10.3. The molecule has 0 aromatic heterocycles. The molecule has 0 unspecified atom stereocenters. The van der Waals surface area contributed by atoms with Crippen LogP contribution in [0, 0.1) is 0 Å². The van der Waals surface area contributed by atoms with E-state index in [-0.39, 0.29) is 11.3 Å². The Morgan fingerprint density at radius 3 is 2.20 bits per heavy atom. The Bertz CT molecular complexity index is 645. The van der Waals surface area contributed by atoms with Crippen LogP contribution in [0.25, 0.3) is 11.1 Å². The summed E-state index contributed by atoms with van der Waals surface area (Å²) in [6.07, 6.45) is -2.61. The predicted molar refractivity (Wildman–Crippen MR) is 78.4 cm³/mol. The van der Waals surface area contributed by atoms with Crippen molar-refractivity contribution >= 4 is 34.8 Å². The molecule has 0 atom stereocenters. The Morgan fingerprint density at radius 2 is 1.60 bits per heavy atom. The predicted octanol–water partition coefficient (Wildman–Crippen LogP) is 6.26. The molecule has 6 heteroatoms. The number of ether oxygens (including phenoxy) is 1. The van der Waals surface area contributed by atoms with Gasteiger partial charge in [-0.05, 0) is 29.8 Å². The van der Waals surface area contributed by atoms with E-state index in [1.807, 2.05) is 0 Å². The second-order valence-electron chi connectivity index (χ2n) is 4.00. The van der Waals surface area contributed by atoms with Crippen LogP contribution in [0.1, 0.15) is 12.0 Å². The lowest BCUT2D eigenvalue weighted by Crippen LogP contribution is -1.93. The van der Waals surface area contributed by atoms with Crippen molar-refractivity contribution in [1.29, 1.82) is 0 Å². The van der Waals surface area contributed by atoms with Crippen molar-refractivity contribution in [2.75, 3.05) is 7.11 Å². The van der Waals surface area contributed by atoms with E-state index in [9.17, 15) is 8.78 Å². The molecule has 0 saturated heterocycles. The van der Waals surface area contributed by atoms with Gasteiger partial charge in [0.1, 0.15) is 5.75 Å². The first-order valence-electron chi connectivity index (χ1n) is 5.55. The van der Waals surface area contributed by atoms with Gasteiger partial charge >= 0.3 is 0 Å². The number of hydrogen-bond acceptors (Lipinski definition) is 1. The Labute approximate surface area is 130 Å². The van der Waals surface area contributed by atoms with Crippen LogP contribution in [0.2, 0.25) is 15.1 Å². The van der Waals surface area contributed by atoms with Gasteiger partial charge in [0.15, 0.2) is 0 Å². The van der Waals surface area contributed by atoms with Crippen molar-refractivity contribution in [3.63, 3.8) is 0 Å². The second kappa shape index (κ2) is 6.17. The van der Waals surface area contributed by atoms with Gasteiger partial charge in [-0.25, -0.2) is 8.78 Å². The molecule has 0 radical (unpaired) electrons. The SMILES string of the molecule is COc1cc(-c2cc(Cl)c(Cl)cc2Cl)ccc1C(F)F. The van der Waals surface area contributed by atoms with Crippen molar-refractivity contribution in [3.05, 3.63) is 51.0 Å². The van der Waals surface area contributed by atoms with E-state index < -0.39 is 6.43 Å². The summed E-state index contributed by atoms with van der Waals surface area (Å²) in [4.78, 5) is 0. The quantitative estimate of drug-likeness (QED) is 0.601. The molecule has 0 bridgehead atoms. The van der Waals surface area contributed by atoms with Gasteiger partial charge in [0.05, 0.1) is 22.7 Å². The van der Waals surface area contributed by atoms with Crippen LogP contribution in [-0.4, -0.2) is 7.11 Å². The zero-order valence-corrected chi connectivity index (χ0v) is 12.5. The van der Waals surface area contributed by atoms with E-state index in [0.29, 0.717) is 26.2 Å². The van der Waals surface area contributed by atoms with Gasteiger partial charge in [-0.2, -0.15) is 0 Å². The highest BCUT2D eigenvalue weighted by Crippen LogP contribution is 2.38. The largest absolute Gasteiger partial charge is 0.496 e. The molecule has 0 spiro atoms. The maximum absolute atomic E-state index is 12.8. The molecule has 1 nitrogen and oxygen atoms in total. The summed E-state index contributed by atoms with van der Waals surface area (Å²) in [5.74, 6) is 0.0969. The van der Waals surface area contributed by atoms with Crippen LogP contribution in [0.15, 0.2) is 30.3 Å². The van der Waals surface area contributed by atoms with Crippen molar-refractivity contribution in [1.82, 2.24) is 0 Å². The third kappa shape index (κ3) is 3.00. The third-order valence-electron chi connectivity index (χ3n) is 2.79. The van der Waals surface area contributed by atoms with Crippen molar-refractivity contribution in [2.45, 2.75) is 6.43 Å². The van der Waals surface area contributed by atoms with E-state index in [1.165, 1.54) is 31.4 Å². The summed E-state index contributed by atoms with van der Waals surface area (Å²) in [5.41, 5.74) is 1.04. The van der Waals surface area contributed by atoms with Crippen LogP contribution in [0.3, 0.4) is 0 Å². The Hall–Kier alpha value is -1.03. The van der Waals surface area contributed by atoms with E-state index in [4.69, 9.17) is 39.5 Å². The minimum Gasteiger partial charge on any atom is -0.496 e. The Balaban J connectivity index is 2.56. The van der Waals surface area contributed by atoms with Crippen molar-refractivity contribution < 1.29 is 13.5 Å². The van der Waals surface area contributed by atoms with Gasteiger partial charge in [-0.1, -0.05) is 40.9 Å². The fourth-order valence-corrected chi connectivity index (χ4v) is 2.46. The van der Waals surface area contributed by atoms with Gasteiger partial charge in [-0.3, -0.25) is 0 Å². The standard InChI is InChI=1S/C14H9Cl3F2O/c1-20-13-4-7(2-3-8(13)14(18)19)9-5-11(16)12(17)6-10(9)15/h2-6,14H,1H3. The molecule has 0 aliphatic heterocycles.